The van der Waals surface area contributed by atoms with Crippen molar-refractivity contribution in [1.29, 1.82) is 5.26 Å². The van der Waals surface area contributed by atoms with E-state index in [2.05, 4.69) is 5.32 Å². The fourth-order valence-electron chi connectivity index (χ4n) is 1.56. The second kappa shape index (κ2) is 5.83. The summed E-state index contributed by atoms with van der Waals surface area (Å²) in [7, 11) is -3.11. The van der Waals surface area contributed by atoms with E-state index in [1.807, 2.05) is 0 Å². The lowest BCUT2D eigenvalue weighted by atomic mass is 10.1. The average molecular weight is 270 g/mol. The summed E-state index contributed by atoms with van der Waals surface area (Å²) < 4.78 is 36.2. The molecule has 0 fully saturated rings. The number of nitrogens with zero attached hydrogens (tertiary/aromatic N) is 1. The van der Waals surface area contributed by atoms with Gasteiger partial charge >= 0.3 is 0 Å². The van der Waals surface area contributed by atoms with Crippen molar-refractivity contribution in [2.45, 2.75) is 19.9 Å². The predicted octanol–water partition coefficient (Wildman–Crippen LogP) is 1.93. The Kier molecular flexibility index (Phi) is 4.68. The van der Waals surface area contributed by atoms with E-state index in [4.69, 9.17) is 5.26 Å². The van der Waals surface area contributed by atoms with E-state index in [9.17, 15) is 12.8 Å². The third-order valence-corrected chi connectivity index (χ3v) is 4.36. The molecule has 6 heteroatoms. The number of nitriles is 1. The SMILES string of the molecule is CCS(=O)(=O)CC(C)Nc1cccc(F)c1C#N. The molecule has 0 bridgehead atoms. The molecule has 1 unspecified atom stereocenters. The molecule has 18 heavy (non-hydrogen) atoms. The van der Waals surface area contributed by atoms with E-state index in [1.54, 1.807) is 26.0 Å². The van der Waals surface area contributed by atoms with Crippen molar-refractivity contribution in [3.8, 4) is 6.07 Å². The fraction of sp³-hybridized carbons (Fsp3) is 0.417. The van der Waals surface area contributed by atoms with Crippen LogP contribution in [0.15, 0.2) is 18.2 Å². The molecule has 1 atom stereocenters. The van der Waals surface area contributed by atoms with Crippen LogP contribution in [0.4, 0.5) is 10.1 Å². The molecule has 4 nitrogen and oxygen atoms in total. The lowest BCUT2D eigenvalue weighted by Gasteiger charge is -2.16. The summed E-state index contributed by atoms with van der Waals surface area (Å²) in [5.41, 5.74) is 0.217. The summed E-state index contributed by atoms with van der Waals surface area (Å²) in [6.07, 6.45) is 0. The molecule has 0 aliphatic heterocycles. The normalized spacial score (nSPS) is 12.8. The van der Waals surface area contributed by atoms with Crippen molar-refractivity contribution in [2.24, 2.45) is 0 Å². The highest BCUT2D eigenvalue weighted by atomic mass is 32.2. The summed E-state index contributed by atoms with van der Waals surface area (Å²) in [5, 5.41) is 11.7. The minimum absolute atomic E-state index is 0.0507. The van der Waals surface area contributed by atoms with Crippen LogP contribution in [0.2, 0.25) is 0 Å². The minimum Gasteiger partial charge on any atom is -0.380 e. The molecular formula is C12H15FN2O2S. The minimum atomic E-state index is -3.11. The molecule has 0 aliphatic carbocycles. The van der Waals surface area contributed by atoms with Crippen LogP contribution in [0.25, 0.3) is 0 Å². The summed E-state index contributed by atoms with van der Waals surface area (Å²) in [5.74, 6) is -0.605. The Labute approximate surface area is 106 Å². The number of hydrogen-bond donors (Lipinski definition) is 1. The number of hydrogen-bond acceptors (Lipinski definition) is 4. The van der Waals surface area contributed by atoms with Gasteiger partial charge in [-0.1, -0.05) is 13.0 Å². The van der Waals surface area contributed by atoms with E-state index in [1.165, 1.54) is 12.1 Å². The highest BCUT2D eigenvalue weighted by Gasteiger charge is 2.15. The number of halogens is 1. The Morgan fingerprint density at radius 2 is 2.17 bits per heavy atom. The highest BCUT2D eigenvalue weighted by Crippen LogP contribution is 2.18. The second-order valence-electron chi connectivity index (χ2n) is 4.02. The van der Waals surface area contributed by atoms with Gasteiger partial charge in [0.2, 0.25) is 0 Å². The molecule has 1 aromatic carbocycles. The van der Waals surface area contributed by atoms with Gasteiger partial charge in [0.15, 0.2) is 9.84 Å². The first-order chi connectivity index (χ1) is 8.39. The number of anilines is 1. The molecule has 0 spiro atoms. The van der Waals surface area contributed by atoms with Crippen molar-refractivity contribution in [2.75, 3.05) is 16.8 Å². The van der Waals surface area contributed by atoms with Crippen LogP contribution >= 0.6 is 0 Å². The smallest absolute Gasteiger partial charge is 0.152 e. The van der Waals surface area contributed by atoms with Crippen molar-refractivity contribution in [3.63, 3.8) is 0 Å². The van der Waals surface area contributed by atoms with Crippen LogP contribution in [0.1, 0.15) is 19.4 Å². The van der Waals surface area contributed by atoms with E-state index in [0.717, 1.165) is 0 Å². The first-order valence-electron chi connectivity index (χ1n) is 5.55. The Balaban J connectivity index is 2.87. The standard InChI is InChI=1S/C12H15FN2O2S/c1-3-18(16,17)8-9(2)15-12-6-4-5-11(13)10(12)7-14/h4-6,9,15H,3,8H2,1-2H3. The molecule has 0 aromatic heterocycles. The maximum Gasteiger partial charge on any atom is 0.152 e. The first-order valence-corrected chi connectivity index (χ1v) is 7.37. The Hall–Kier alpha value is -1.61. The zero-order valence-corrected chi connectivity index (χ0v) is 11.1. The summed E-state index contributed by atoms with van der Waals surface area (Å²) in [6.45, 7) is 3.25. The van der Waals surface area contributed by atoms with Gasteiger partial charge in [-0.05, 0) is 19.1 Å². The van der Waals surface area contributed by atoms with Gasteiger partial charge < -0.3 is 5.32 Å². The van der Waals surface area contributed by atoms with Gasteiger partial charge in [-0.2, -0.15) is 5.26 Å². The summed E-state index contributed by atoms with van der Waals surface area (Å²) in [4.78, 5) is 0. The van der Waals surface area contributed by atoms with Crippen molar-refractivity contribution in [1.82, 2.24) is 0 Å². The van der Waals surface area contributed by atoms with Gasteiger partial charge in [-0.25, -0.2) is 12.8 Å². The van der Waals surface area contributed by atoms with E-state index < -0.39 is 15.7 Å². The van der Waals surface area contributed by atoms with Gasteiger partial charge in [0.1, 0.15) is 17.4 Å². The van der Waals surface area contributed by atoms with Crippen LogP contribution in [0, 0.1) is 17.1 Å². The molecule has 0 heterocycles. The quantitative estimate of drug-likeness (QED) is 0.887. The van der Waals surface area contributed by atoms with E-state index >= 15 is 0 Å². The third-order valence-electron chi connectivity index (χ3n) is 2.47. The Morgan fingerprint density at radius 1 is 1.50 bits per heavy atom. The van der Waals surface area contributed by atoms with Crippen molar-refractivity contribution in [3.05, 3.63) is 29.6 Å². The number of nitrogens with one attached hydrogen (secondary N) is 1. The van der Waals surface area contributed by atoms with Crippen molar-refractivity contribution < 1.29 is 12.8 Å². The molecule has 1 aromatic rings. The number of benzene rings is 1. The van der Waals surface area contributed by atoms with Gasteiger partial charge in [0.25, 0.3) is 0 Å². The lowest BCUT2D eigenvalue weighted by Crippen LogP contribution is -2.27. The lowest BCUT2D eigenvalue weighted by molar-refractivity contribution is 0.593. The van der Waals surface area contributed by atoms with Gasteiger partial charge in [-0.15, -0.1) is 0 Å². The fourth-order valence-corrected chi connectivity index (χ4v) is 2.64. The largest absolute Gasteiger partial charge is 0.380 e. The van der Waals surface area contributed by atoms with Crippen LogP contribution in [0.5, 0.6) is 0 Å². The third kappa shape index (κ3) is 3.70. The predicted molar refractivity (Wildman–Crippen MR) is 68.5 cm³/mol. The van der Waals surface area contributed by atoms with Crippen LogP contribution in [-0.4, -0.2) is 26.0 Å². The van der Waals surface area contributed by atoms with E-state index in [-0.39, 0.29) is 23.1 Å². The maximum atomic E-state index is 13.3. The molecule has 98 valence electrons. The monoisotopic (exact) mass is 270 g/mol. The van der Waals surface area contributed by atoms with Crippen molar-refractivity contribution >= 4 is 15.5 Å². The summed E-state index contributed by atoms with van der Waals surface area (Å²) in [6, 6.07) is 5.59. The summed E-state index contributed by atoms with van der Waals surface area (Å²) >= 11 is 0. The molecule has 0 aliphatic rings. The molecule has 0 saturated heterocycles. The molecule has 0 saturated carbocycles. The highest BCUT2D eigenvalue weighted by molar-refractivity contribution is 7.91. The van der Waals surface area contributed by atoms with Crippen LogP contribution in [-0.2, 0) is 9.84 Å². The Bertz CT molecular complexity index is 564. The molecular weight excluding hydrogens is 255 g/mol. The average Bonchev–Trinajstić information content (AvgIpc) is 2.28. The van der Waals surface area contributed by atoms with Gasteiger partial charge in [0.05, 0.1) is 11.4 Å². The number of rotatable bonds is 5. The van der Waals surface area contributed by atoms with Gasteiger partial charge in [0, 0.05) is 11.8 Å². The van der Waals surface area contributed by atoms with Crippen LogP contribution < -0.4 is 5.32 Å². The molecule has 0 radical (unpaired) electrons. The first kappa shape index (κ1) is 14.5. The Morgan fingerprint density at radius 3 is 2.72 bits per heavy atom. The molecule has 1 N–H and O–H groups in total. The maximum absolute atomic E-state index is 13.3. The second-order valence-corrected chi connectivity index (χ2v) is 6.42. The zero-order valence-electron chi connectivity index (χ0n) is 10.3. The topological polar surface area (TPSA) is 70.0 Å². The molecule has 1 rings (SSSR count). The number of sulfone groups is 1. The zero-order chi connectivity index (χ0) is 13.8. The molecule has 0 amide bonds. The van der Waals surface area contributed by atoms with Crippen LogP contribution in [0.3, 0.4) is 0 Å². The van der Waals surface area contributed by atoms with Gasteiger partial charge in [-0.3, -0.25) is 0 Å². The van der Waals surface area contributed by atoms with E-state index in [0.29, 0.717) is 5.69 Å².